The molecule has 5 heterocycles. The Balaban J connectivity index is 1.47. The highest BCUT2D eigenvalue weighted by Gasteiger charge is 2.20. The minimum atomic E-state index is 0.708. The molecule has 27 heavy (non-hydrogen) atoms. The topological polar surface area (TPSA) is 87.0 Å². The molecule has 1 saturated heterocycles. The lowest BCUT2D eigenvalue weighted by molar-refractivity contribution is 0.659. The van der Waals surface area contributed by atoms with E-state index in [9.17, 15) is 0 Å². The van der Waals surface area contributed by atoms with Crippen molar-refractivity contribution in [3.63, 3.8) is 0 Å². The zero-order chi connectivity index (χ0) is 18.2. The summed E-state index contributed by atoms with van der Waals surface area (Å²) in [6, 6.07) is 4.03. The van der Waals surface area contributed by atoms with Crippen molar-refractivity contribution < 1.29 is 0 Å². The normalized spacial score (nSPS) is 16.9. The van der Waals surface area contributed by atoms with E-state index in [0.717, 1.165) is 41.5 Å². The Morgan fingerprint density at radius 2 is 2.15 bits per heavy atom. The summed E-state index contributed by atoms with van der Waals surface area (Å²) in [6.45, 7) is 4.39. The number of pyridine rings is 1. The highest BCUT2D eigenvalue weighted by molar-refractivity contribution is 5.74. The number of fused-ring (bicyclic) bond motifs is 1. The average molecular weight is 360 g/mol. The van der Waals surface area contributed by atoms with E-state index in [2.05, 4.69) is 48.4 Å². The molecule has 8 heteroatoms. The Hall–Kier alpha value is -3.42. The summed E-state index contributed by atoms with van der Waals surface area (Å²) in [7, 11) is 0. The van der Waals surface area contributed by atoms with Gasteiger partial charge in [-0.2, -0.15) is 5.10 Å². The Morgan fingerprint density at radius 1 is 1.19 bits per heavy atom. The predicted octanol–water partition coefficient (Wildman–Crippen LogP) is 3.10. The minimum absolute atomic E-state index is 0.708. The SMILES string of the molecule is C[C@@H]1CCN(c2cc(Nc3nccn4c(-c5cn[nH]c5)cnc34)ccn2)C1. The van der Waals surface area contributed by atoms with Gasteiger partial charge in [-0.25, -0.2) is 15.0 Å². The van der Waals surface area contributed by atoms with Crippen LogP contribution in [0.2, 0.25) is 0 Å². The molecular weight excluding hydrogens is 340 g/mol. The van der Waals surface area contributed by atoms with Crippen LogP contribution in [0.1, 0.15) is 13.3 Å². The molecule has 0 bridgehead atoms. The first kappa shape index (κ1) is 15.8. The van der Waals surface area contributed by atoms with Gasteiger partial charge in [0, 0.05) is 55.2 Å². The van der Waals surface area contributed by atoms with Crippen molar-refractivity contribution >= 4 is 23.0 Å². The number of nitrogens with one attached hydrogen (secondary N) is 2. The predicted molar refractivity (Wildman–Crippen MR) is 104 cm³/mol. The number of aromatic amines is 1. The van der Waals surface area contributed by atoms with E-state index in [1.807, 2.05) is 35.3 Å². The van der Waals surface area contributed by atoms with Gasteiger partial charge < -0.3 is 10.2 Å². The summed E-state index contributed by atoms with van der Waals surface area (Å²) < 4.78 is 2.00. The number of imidazole rings is 1. The van der Waals surface area contributed by atoms with Gasteiger partial charge in [-0.15, -0.1) is 0 Å². The molecule has 1 aliphatic rings. The minimum Gasteiger partial charge on any atom is -0.356 e. The van der Waals surface area contributed by atoms with Gasteiger partial charge in [0.2, 0.25) is 0 Å². The zero-order valence-electron chi connectivity index (χ0n) is 15.0. The first-order valence-electron chi connectivity index (χ1n) is 9.07. The van der Waals surface area contributed by atoms with Crippen LogP contribution in [0.4, 0.5) is 17.3 Å². The third-order valence-corrected chi connectivity index (χ3v) is 4.98. The van der Waals surface area contributed by atoms with Crippen molar-refractivity contribution in [1.29, 1.82) is 0 Å². The molecule has 1 fully saturated rings. The van der Waals surface area contributed by atoms with E-state index < -0.39 is 0 Å². The summed E-state index contributed by atoms with van der Waals surface area (Å²) in [6.07, 6.45) is 12.2. The molecular formula is C19H20N8. The van der Waals surface area contributed by atoms with Crippen LogP contribution in [0.3, 0.4) is 0 Å². The fraction of sp³-hybridized carbons (Fsp3) is 0.263. The molecule has 4 aromatic rings. The molecule has 0 amide bonds. The fourth-order valence-corrected chi connectivity index (χ4v) is 3.56. The molecule has 5 rings (SSSR count). The van der Waals surface area contributed by atoms with Gasteiger partial charge in [0.1, 0.15) is 5.82 Å². The number of hydrogen-bond donors (Lipinski definition) is 2. The number of rotatable bonds is 4. The quantitative estimate of drug-likeness (QED) is 0.581. The van der Waals surface area contributed by atoms with Gasteiger partial charge in [0.25, 0.3) is 0 Å². The lowest BCUT2D eigenvalue weighted by Gasteiger charge is -2.17. The summed E-state index contributed by atoms with van der Waals surface area (Å²) in [5.74, 6) is 2.42. The lowest BCUT2D eigenvalue weighted by Crippen LogP contribution is -2.20. The molecule has 0 radical (unpaired) electrons. The highest BCUT2D eigenvalue weighted by atomic mass is 15.2. The van der Waals surface area contributed by atoms with Crippen molar-refractivity contribution in [3.8, 4) is 11.3 Å². The molecule has 2 N–H and O–H groups in total. The molecule has 8 nitrogen and oxygen atoms in total. The monoisotopic (exact) mass is 360 g/mol. The first-order valence-corrected chi connectivity index (χ1v) is 9.07. The van der Waals surface area contributed by atoms with E-state index in [-0.39, 0.29) is 0 Å². The maximum absolute atomic E-state index is 4.55. The fourth-order valence-electron chi connectivity index (χ4n) is 3.56. The number of nitrogens with zero attached hydrogens (tertiary/aromatic N) is 6. The number of aromatic nitrogens is 6. The van der Waals surface area contributed by atoms with Crippen LogP contribution in [-0.4, -0.2) is 42.6 Å². The van der Waals surface area contributed by atoms with Crippen molar-refractivity contribution in [2.45, 2.75) is 13.3 Å². The van der Waals surface area contributed by atoms with Crippen molar-refractivity contribution in [3.05, 3.63) is 49.3 Å². The smallest absolute Gasteiger partial charge is 0.180 e. The maximum Gasteiger partial charge on any atom is 0.180 e. The number of H-pyrrole nitrogens is 1. The van der Waals surface area contributed by atoms with E-state index >= 15 is 0 Å². The second-order valence-electron chi connectivity index (χ2n) is 6.97. The van der Waals surface area contributed by atoms with Crippen LogP contribution in [0, 0.1) is 5.92 Å². The van der Waals surface area contributed by atoms with Gasteiger partial charge in [-0.05, 0) is 18.4 Å². The largest absolute Gasteiger partial charge is 0.356 e. The van der Waals surface area contributed by atoms with Gasteiger partial charge >= 0.3 is 0 Å². The summed E-state index contributed by atoms with van der Waals surface area (Å²) in [5, 5.41) is 10.3. The number of hydrogen-bond acceptors (Lipinski definition) is 6. The Kier molecular flexibility index (Phi) is 3.74. The Morgan fingerprint density at radius 3 is 2.96 bits per heavy atom. The van der Waals surface area contributed by atoms with Crippen molar-refractivity contribution in [2.24, 2.45) is 5.92 Å². The summed E-state index contributed by atoms with van der Waals surface area (Å²) in [5.41, 5.74) is 3.66. The molecule has 4 aromatic heterocycles. The van der Waals surface area contributed by atoms with Crippen molar-refractivity contribution in [1.82, 2.24) is 29.5 Å². The van der Waals surface area contributed by atoms with E-state index in [1.165, 1.54) is 6.42 Å². The van der Waals surface area contributed by atoms with Gasteiger partial charge in [-0.1, -0.05) is 6.92 Å². The van der Waals surface area contributed by atoms with Crippen LogP contribution >= 0.6 is 0 Å². The molecule has 0 spiro atoms. The van der Waals surface area contributed by atoms with E-state index in [1.54, 1.807) is 12.4 Å². The van der Waals surface area contributed by atoms with Crippen molar-refractivity contribution in [2.75, 3.05) is 23.3 Å². The Labute approximate surface area is 156 Å². The molecule has 1 aliphatic heterocycles. The molecule has 0 aromatic carbocycles. The third-order valence-electron chi connectivity index (χ3n) is 4.98. The number of anilines is 3. The molecule has 0 unspecified atom stereocenters. The van der Waals surface area contributed by atoms with Crippen LogP contribution < -0.4 is 10.2 Å². The van der Waals surface area contributed by atoms with Crippen LogP contribution in [0.15, 0.2) is 49.3 Å². The molecule has 0 saturated carbocycles. The second kappa shape index (κ2) is 6.39. The van der Waals surface area contributed by atoms with Gasteiger partial charge in [0.05, 0.1) is 18.1 Å². The zero-order valence-corrected chi connectivity index (χ0v) is 15.0. The summed E-state index contributed by atoms with van der Waals surface area (Å²) in [4.78, 5) is 15.9. The first-order chi connectivity index (χ1) is 13.3. The van der Waals surface area contributed by atoms with Gasteiger partial charge in [0.15, 0.2) is 11.5 Å². The third kappa shape index (κ3) is 2.88. The molecule has 136 valence electrons. The highest BCUT2D eigenvalue weighted by Crippen LogP contribution is 2.27. The lowest BCUT2D eigenvalue weighted by atomic mass is 10.2. The van der Waals surface area contributed by atoms with Crippen LogP contribution in [0.25, 0.3) is 16.9 Å². The average Bonchev–Trinajstić information content (AvgIpc) is 3.42. The van der Waals surface area contributed by atoms with E-state index in [4.69, 9.17) is 0 Å². The van der Waals surface area contributed by atoms with Crippen LogP contribution in [-0.2, 0) is 0 Å². The summed E-state index contributed by atoms with van der Waals surface area (Å²) >= 11 is 0. The second-order valence-corrected chi connectivity index (χ2v) is 6.97. The standard InChI is InChI=1S/C19H20N8/c1-13-3-6-26(12-13)17-8-15(2-4-20-17)25-18-19-22-11-16(14-9-23-24-10-14)27(19)7-5-21-18/h2,4-5,7-11,13H,3,6,12H2,1H3,(H,23,24)(H,20,21,25)/t13-/m1/s1. The van der Waals surface area contributed by atoms with Crippen LogP contribution in [0.5, 0.6) is 0 Å². The Bertz CT molecular complexity index is 1070. The molecule has 0 aliphatic carbocycles. The molecule has 1 atom stereocenters. The maximum atomic E-state index is 4.55. The van der Waals surface area contributed by atoms with Gasteiger partial charge in [-0.3, -0.25) is 9.50 Å². The van der Waals surface area contributed by atoms with E-state index in [0.29, 0.717) is 11.7 Å².